The molecule has 3 aromatic heterocycles. The molecule has 1 aliphatic heterocycles. The van der Waals surface area contributed by atoms with E-state index in [9.17, 15) is 0 Å². The van der Waals surface area contributed by atoms with Crippen LogP contribution in [0.1, 0.15) is 37.9 Å². The first-order chi connectivity index (χ1) is 12.1. The molecule has 0 atom stereocenters. The van der Waals surface area contributed by atoms with Gasteiger partial charge in [0.05, 0.1) is 10.2 Å². The highest BCUT2D eigenvalue weighted by Crippen LogP contribution is 2.38. The second-order valence-electron chi connectivity index (χ2n) is 6.59. The molecule has 136 valence electrons. The van der Waals surface area contributed by atoms with Crippen LogP contribution in [0.2, 0.25) is 0 Å². The Balaban J connectivity index is 0.000000880. The predicted octanol–water partition coefficient (Wildman–Crippen LogP) is 4.24. The Morgan fingerprint density at radius 3 is 2.72 bits per heavy atom. The van der Waals surface area contributed by atoms with Gasteiger partial charge in [0, 0.05) is 24.7 Å². The molecule has 0 unspecified atom stereocenters. The van der Waals surface area contributed by atoms with Crippen LogP contribution in [-0.2, 0) is 7.05 Å². The number of aromatic nitrogens is 3. The zero-order valence-corrected chi connectivity index (χ0v) is 16.8. The maximum absolute atomic E-state index is 4.72. The molecule has 1 fully saturated rings. The third-order valence-corrected chi connectivity index (χ3v) is 5.85. The number of nitrogens with zero attached hydrogens (tertiary/aromatic N) is 3. The molecule has 4 heterocycles. The Bertz CT molecular complexity index is 858. The van der Waals surface area contributed by atoms with Crippen LogP contribution in [0, 0.1) is 19.8 Å². The summed E-state index contributed by atoms with van der Waals surface area (Å²) in [6.07, 6.45) is 2.49. The molecular weight excluding hydrogens is 330 g/mol. The van der Waals surface area contributed by atoms with Crippen molar-refractivity contribution in [1.82, 2.24) is 20.1 Å². The summed E-state index contributed by atoms with van der Waals surface area (Å²) in [6, 6.07) is 2.16. The van der Waals surface area contributed by atoms with Crippen molar-refractivity contribution in [3.05, 3.63) is 17.3 Å². The number of anilines is 1. The highest BCUT2D eigenvalue weighted by molar-refractivity contribution is 7.26. The first-order valence-electron chi connectivity index (χ1n) is 9.31. The van der Waals surface area contributed by atoms with E-state index in [1.54, 1.807) is 11.3 Å². The number of aryl methyl sites for hydroxylation is 3. The van der Waals surface area contributed by atoms with Crippen LogP contribution in [0.4, 0.5) is 5.82 Å². The molecule has 25 heavy (non-hydrogen) atoms. The number of hydrogen-bond acceptors (Lipinski definition) is 5. The molecule has 1 saturated heterocycles. The molecule has 0 bridgehead atoms. The van der Waals surface area contributed by atoms with Gasteiger partial charge >= 0.3 is 0 Å². The first kappa shape index (κ1) is 18.1. The van der Waals surface area contributed by atoms with Gasteiger partial charge in [-0.15, -0.1) is 11.3 Å². The molecule has 0 saturated carbocycles. The molecule has 2 N–H and O–H groups in total. The van der Waals surface area contributed by atoms with Gasteiger partial charge in [0.1, 0.15) is 4.83 Å². The normalized spacial score (nSPS) is 15.4. The highest BCUT2D eigenvalue weighted by Gasteiger charge is 2.19. The van der Waals surface area contributed by atoms with E-state index < -0.39 is 0 Å². The average Bonchev–Trinajstić information content (AvgIpc) is 3.13. The van der Waals surface area contributed by atoms with Gasteiger partial charge in [-0.05, 0) is 57.3 Å². The van der Waals surface area contributed by atoms with Crippen LogP contribution in [0.3, 0.4) is 0 Å². The Hall–Kier alpha value is -1.66. The summed E-state index contributed by atoms with van der Waals surface area (Å²) >= 11 is 1.75. The van der Waals surface area contributed by atoms with Crippen molar-refractivity contribution in [3.63, 3.8) is 0 Å². The van der Waals surface area contributed by atoms with Gasteiger partial charge in [-0.3, -0.25) is 4.68 Å². The fourth-order valence-electron chi connectivity index (χ4n) is 3.58. The molecule has 0 aliphatic carbocycles. The fraction of sp³-hybridized carbons (Fsp3) is 0.579. The zero-order chi connectivity index (χ0) is 18.0. The molecule has 4 rings (SSSR count). The summed E-state index contributed by atoms with van der Waals surface area (Å²) in [7, 11) is 2.03. The minimum absolute atomic E-state index is 0.741. The van der Waals surface area contributed by atoms with Crippen LogP contribution in [0.5, 0.6) is 0 Å². The van der Waals surface area contributed by atoms with E-state index >= 15 is 0 Å². The van der Waals surface area contributed by atoms with Gasteiger partial charge in [-0.2, -0.15) is 5.10 Å². The SMILES string of the molecule is CC.Cc1cc(C)c2c(n1)sc1c(NCC3CCNCC3)nn(C)c12. The molecule has 0 aromatic carbocycles. The second-order valence-corrected chi connectivity index (χ2v) is 7.59. The average molecular weight is 360 g/mol. The molecule has 0 spiro atoms. The third kappa shape index (κ3) is 3.51. The molecular formula is C19H29N5S. The number of fused-ring (bicyclic) bond motifs is 3. The maximum Gasteiger partial charge on any atom is 0.166 e. The number of pyridine rings is 1. The van der Waals surface area contributed by atoms with E-state index in [1.165, 1.54) is 34.0 Å². The lowest BCUT2D eigenvalue weighted by Crippen LogP contribution is -2.31. The fourth-order valence-corrected chi connectivity index (χ4v) is 4.86. The molecule has 0 radical (unpaired) electrons. The number of nitrogens with one attached hydrogen (secondary N) is 2. The molecule has 5 nitrogen and oxygen atoms in total. The molecule has 1 aliphatic rings. The van der Waals surface area contributed by atoms with Crippen molar-refractivity contribution >= 4 is 37.6 Å². The Morgan fingerprint density at radius 2 is 2.00 bits per heavy atom. The summed E-state index contributed by atoms with van der Waals surface area (Å²) in [5.74, 6) is 1.76. The largest absolute Gasteiger partial charge is 0.367 e. The number of thiophene rings is 1. The van der Waals surface area contributed by atoms with Crippen molar-refractivity contribution < 1.29 is 0 Å². The van der Waals surface area contributed by atoms with Gasteiger partial charge in [-0.25, -0.2) is 4.98 Å². The lowest BCUT2D eigenvalue weighted by Gasteiger charge is -2.22. The summed E-state index contributed by atoms with van der Waals surface area (Å²) in [6.45, 7) is 11.5. The highest BCUT2D eigenvalue weighted by atomic mass is 32.1. The Labute approximate surface area is 153 Å². The number of rotatable bonds is 3. The van der Waals surface area contributed by atoms with Gasteiger partial charge in [0.15, 0.2) is 5.82 Å². The van der Waals surface area contributed by atoms with Gasteiger partial charge in [0.2, 0.25) is 0 Å². The van der Waals surface area contributed by atoms with Crippen molar-refractivity contribution in [2.75, 3.05) is 25.0 Å². The smallest absolute Gasteiger partial charge is 0.166 e. The van der Waals surface area contributed by atoms with E-state index in [-0.39, 0.29) is 0 Å². The summed E-state index contributed by atoms with van der Waals surface area (Å²) in [4.78, 5) is 5.84. The minimum atomic E-state index is 0.741. The van der Waals surface area contributed by atoms with Gasteiger partial charge < -0.3 is 10.6 Å². The minimum Gasteiger partial charge on any atom is -0.367 e. The molecule has 6 heteroatoms. The van der Waals surface area contributed by atoms with Crippen molar-refractivity contribution in [3.8, 4) is 0 Å². The third-order valence-electron chi connectivity index (χ3n) is 4.77. The van der Waals surface area contributed by atoms with E-state index in [2.05, 4.69) is 30.5 Å². The number of piperidine rings is 1. The molecule has 0 amide bonds. The van der Waals surface area contributed by atoms with E-state index in [0.717, 1.165) is 41.9 Å². The van der Waals surface area contributed by atoms with Crippen LogP contribution in [-0.4, -0.2) is 34.4 Å². The monoisotopic (exact) mass is 359 g/mol. The topological polar surface area (TPSA) is 54.8 Å². The van der Waals surface area contributed by atoms with Crippen LogP contribution < -0.4 is 10.6 Å². The van der Waals surface area contributed by atoms with Crippen molar-refractivity contribution in [2.45, 2.75) is 40.5 Å². The zero-order valence-electron chi connectivity index (χ0n) is 15.9. The number of hydrogen-bond donors (Lipinski definition) is 2. The van der Waals surface area contributed by atoms with E-state index in [0.29, 0.717) is 0 Å². The molecule has 3 aromatic rings. The van der Waals surface area contributed by atoms with Crippen molar-refractivity contribution in [2.24, 2.45) is 13.0 Å². The predicted molar refractivity (Wildman–Crippen MR) is 109 cm³/mol. The van der Waals surface area contributed by atoms with Gasteiger partial charge in [-0.1, -0.05) is 13.8 Å². The van der Waals surface area contributed by atoms with Crippen molar-refractivity contribution in [1.29, 1.82) is 0 Å². The Morgan fingerprint density at radius 1 is 1.28 bits per heavy atom. The van der Waals surface area contributed by atoms with Crippen LogP contribution in [0.15, 0.2) is 6.07 Å². The summed E-state index contributed by atoms with van der Waals surface area (Å²) in [5, 5.41) is 13.0. The van der Waals surface area contributed by atoms with Crippen LogP contribution in [0.25, 0.3) is 20.4 Å². The van der Waals surface area contributed by atoms with E-state index in [4.69, 9.17) is 10.1 Å². The van der Waals surface area contributed by atoms with Crippen LogP contribution >= 0.6 is 11.3 Å². The van der Waals surface area contributed by atoms with Gasteiger partial charge in [0.25, 0.3) is 0 Å². The quantitative estimate of drug-likeness (QED) is 0.734. The lowest BCUT2D eigenvalue weighted by molar-refractivity contribution is 0.389. The standard InChI is InChI=1S/C17H23N5S.C2H6/c1-10-8-11(2)20-17-13(10)14-15(23-17)16(21-22(14)3)19-9-12-4-6-18-7-5-12;1-2/h8,12,18H,4-7,9H2,1-3H3,(H,19,21);1-2H3. The maximum atomic E-state index is 4.72. The summed E-state index contributed by atoms with van der Waals surface area (Å²) in [5.41, 5.74) is 3.58. The lowest BCUT2D eigenvalue weighted by atomic mass is 9.98. The first-order valence-corrected chi connectivity index (χ1v) is 10.1. The Kier molecular flexibility index (Phi) is 5.59. The summed E-state index contributed by atoms with van der Waals surface area (Å²) < 4.78 is 3.24. The van der Waals surface area contributed by atoms with E-state index in [1.807, 2.05) is 25.6 Å². The second kappa shape index (κ2) is 7.70.